The molecular weight excluding hydrogens is 827 g/mol. The first kappa shape index (κ1) is 63.9. The Morgan fingerprint density at radius 1 is 0.455 bits per heavy atom. The van der Waals surface area contributed by atoms with Gasteiger partial charge >= 0.3 is 12.2 Å². The maximum atomic E-state index is 13.9. The number of methoxy groups -OCH3 is 1. The van der Waals surface area contributed by atoms with Gasteiger partial charge in [-0.15, -0.1) is 0 Å². The number of carbonyl (C=O) groups excluding carboxylic acids is 3. The molecule has 0 aromatic heterocycles. The van der Waals surface area contributed by atoms with Gasteiger partial charge in [-0.3, -0.25) is 4.79 Å². The first-order chi connectivity index (χ1) is 31.4. The molecule has 3 N–H and O–H groups in total. The summed E-state index contributed by atoms with van der Waals surface area (Å²) < 4.78 is 22.9. The summed E-state index contributed by atoms with van der Waals surface area (Å²) in [6.45, 7) is 22.3. The van der Waals surface area contributed by atoms with Gasteiger partial charge in [0.05, 0.1) is 37.6 Å². The van der Waals surface area contributed by atoms with E-state index < -0.39 is 23.8 Å². The van der Waals surface area contributed by atoms with Crippen molar-refractivity contribution in [3.63, 3.8) is 0 Å². The summed E-state index contributed by atoms with van der Waals surface area (Å²) in [5.41, 5.74) is -1.45. The maximum Gasteiger partial charge on any atom is 0.407 e. The van der Waals surface area contributed by atoms with E-state index in [0.29, 0.717) is 19.6 Å². The van der Waals surface area contributed by atoms with E-state index >= 15 is 0 Å². The van der Waals surface area contributed by atoms with Gasteiger partial charge in [0, 0.05) is 12.6 Å². The fraction of sp³-hybridized carbons (Fsp3) is 0.946. The molecule has 0 bridgehead atoms. The second-order valence-electron chi connectivity index (χ2n) is 22.5. The number of unbranched alkanes of at least 4 members (excludes halogenated alkanes) is 28. The molecule has 392 valence electrons. The third kappa shape index (κ3) is 40.9. The minimum atomic E-state index is -1.04. The Bertz CT molecular complexity index is 1170. The number of rotatable bonds is 46. The highest BCUT2D eigenvalue weighted by Gasteiger charge is 2.37. The van der Waals surface area contributed by atoms with Crippen molar-refractivity contribution >= 4 is 18.1 Å². The molecule has 1 unspecified atom stereocenters. The molecule has 0 rings (SSSR count). The summed E-state index contributed by atoms with van der Waals surface area (Å²) in [5.74, 6) is -0.389. The van der Waals surface area contributed by atoms with Crippen LogP contribution in [0.25, 0.3) is 0 Å². The van der Waals surface area contributed by atoms with Crippen molar-refractivity contribution in [2.45, 2.75) is 304 Å². The Morgan fingerprint density at radius 3 is 1.20 bits per heavy atom. The summed E-state index contributed by atoms with van der Waals surface area (Å²) in [5, 5.41) is 8.63. The third-order valence-electron chi connectivity index (χ3n) is 13.1. The molecule has 0 saturated carbocycles. The zero-order chi connectivity index (χ0) is 49.4. The summed E-state index contributed by atoms with van der Waals surface area (Å²) in [6, 6.07) is -1.04. The van der Waals surface area contributed by atoms with Gasteiger partial charge in [-0.05, 0) is 79.1 Å². The minimum absolute atomic E-state index is 0.115. The zero-order valence-corrected chi connectivity index (χ0v) is 45.6. The first-order valence-corrected chi connectivity index (χ1v) is 27.7. The average molecular weight is 939 g/mol. The van der Waals surface area contributed by atoms with Crippen LogP contribution in [0.1, 0.15) is 281 Å². The molecule has 0 aromatic rings. The smallest absolute Gasteiger partial charge is 0.407 e. The largest absolute Gasteiger partial charge is 0.450 e. The lowest BCUT2D eigenvalue weighted by Gasteiger charge is -2.41. The molecule has 10 nitrogen and oxygen atoms in total. The average Bonchev–Trinajstić information content (AvgIpc) is 3.23. The number of hydrogen-bond acceptors (Lipinski definition) is 7. The maximum absolute atomic E-state index is 13.9. The SMILES string of the molecule is CCCCCCCCCCCCCCCCCCOC(=O)NC(CNC(=O)OCCCCCCCCCCCCCCCC)C(=O)NC(C)(C)CC(C)(C)CC(C)(C)OCCC(C)(C)OC. The normalized spacial score (nSPS) is 12.8. The Kier molecular flexibility index (Phi) is 38.5. The van der Waals surface area contributed by atoms with Crippen molar-refractivity contribution < 1.29 is 33.3 Å². The summed E-state index contributed by atoms with van der Waals surface area (Å²) in [6.07, 6.45) is 39.0. The van der Waals surface area contributed by atoms with Gasteiger partial charge in [-0.25, -0.2) is 9.59 Å². The van der Waals surface area contributed by atoms with Gasteiger partial charge in [0.1, 0.15) is 6.04 Å². The second kappa shape index (κ2) is 39.7. The molecular formula is C56H111N3O7. The summed E-state index contributed by atoms with van der Waals surface area (Å²) >= 11 is 0. The Labute approximate surface area is 408 Å². The molecule has 0 saturated heterocycles. The van der Waals surface area contributed by atoms with Crippen molar-refractivity contribution in [3.8, 4) is 0 Å². The van der Waals surface area contributed by atoms with E-state index in [9.17, 15) is 14.4 Å². The van der Waals surface area contributed by atoms with Gasteiger partial charge in [0.25, 0.3) is 0 Å². The highest BCUT2D eigenvalue weighted by atomic mass is 16.6. The molecule has 0 spiro atoms. The number of ether oxygens (including phenoxy) is 4. The van der Waals surface area contributed by atoms with Crippen LogP contribution in [0.5, 0.6) is 0 Å². The standard InChI is InChI=1S/C56H111N3O7/c1-12-14-16-18-20-22-24-26-28-29-31-33-35-37-39-41-44-65-52(62)58-49(46-57-51(61)64-43-40-38-36-34-32-30-27-25-23-21-19-17-15-13-2)50(60)59-54(5,6)47-53(3,4)48-56(9,10)66-45-42-55(7,8)63-11/h49H,12-48H2,1-11H3,(H,57,61)(H,58,62)(H,59,60). The van der Waals surface area contributed by atoms with E-state index in [2.05, 4.69) is 71.3 Å². The molecule has 3 amide bonds. The van der Waals surface area contributed by atoms with Crippen molar-refractivity contribution in [1.82, 2.24) is 16.0 Å². The lowest BCUT2D eigenvalue weighted by molar-refractivity contribution is -0.125. The predicted octanol–water partition coefficient (Wildman–Crippen LogP) is 15.9. The molecule has 0 aromatic carbocycles. The van der Waals surface area contributed by atoms with E-state index in [1.807, 2.05) is 13.8 Å². The van der Waals surface area contributed by atoms with Crippen LogP contribution in [0.4, 0.5) is 9.59 Å². The third-order valence-corrected chi connectivity index (χ3v) is 13.1. The topological polar surface area (TPSA) is 124 Å². The minimum Gasteiger partial charge on any atom is -0.450 e. The van der Waals surface area contributed by atoms with Gasteiger partial charge in [0.2, 0.25) is 5.91 Å². The quantitative estimate of drug-likeness (QED) is 0.0519. The first-order valence-electron chi connectivity index (χ1n) is 27.7. The Morgan fingerprint density at radius 2 is 0.818 bits per heavy atom. The molecule has 0 fully saturated rings. The van der Waals surface area contributed by atoms with E-state index in [1.165, 1.54) is 154 Å². The lowest BCUT2D eigenvalue weighted by atomic mass is 9.73. The van der Waals surface area contributed by atoms with Gasteiger partial charge in [0.15, 0.2) is 0 Å². The lowest BCUT2D eigenvalue weighted by Crippen LogP contribution is -2.57. The molecule has 66 heavy (non-hydrogen) atoms. The van der Waals surface area contributed by atoms with Crippen molar-refractivity contribution in [2.24, 2.45) is 5.41 Å². The Balaban J connectivity index is 4.89. The Hall–Kier alpha value is -2.07. The summed E-state index contributed by atoms with van der Waals surface area (Å²) in [7, 11) is 1.72. The predicted molar refractivity (Wildman–Crippen MR) is 278 cm³/mol. The van der Waals surface area contributed by atoms with E-state index in [-0.39, 0.29) is 35.7 Å². The van der Waals surface area contributed by atoms with Crippen LogP contribution >= 0.6 is 0 Å². The number of carbonyl (C=O) groups is 3. The zero-order valence-electron chi connectivity index (χ0n) is 45.6. The van der Waals surface area contributed by atoms with Crippen LogP contribution in [0.3, 0.4) is 0 Å². The van der Waals surface area contributed by atoms with Gasteiger partial charge in [-0.1, -0.05) is 207 Å². The molecule has 1 atom stereocenters. The highest BCUT2D eigenvalue weighted by molar-refractivity contribution is 5.87. The number of amides is 3. The van der Waals surface area contributed by atoms with E-state index in [1.54, 1.807) is 7.11 Å². The summed E-state index contributed by atoms with van der Waals surface area (Å²) in [4.78, 5) is 39.7. The number of hydrogen-bond donors (Lipinski definition) is 3. The number of alkyl carbamates (subject to hydrolysis) is 2. The molecule has 10 heteroatoms. The van der Waals surface area contributed by atoms with Crippen molar-refractivity contribution in [3.05, 3.63) is 0 Å². The van der Waals surface area contributed by atoms with Crippen LogP contribution < -0.4 is 16.0 Å². The molecule has 0 aliphatic rings. The van der Waals surface area contributed by atoms with Crippen LogP contribution in [0, 0.1) is 5.41 Å². The van der Waals surface area contributed by atoms with Crippen LogP contribution in [-0.2, 0) is 23.7 Å². The fourth-order valence-electron chi connectivity index (χ4n) is 9.51. The molecule has 0 radical (unpaired) electrons. The second-order valence-corrected chi connectivity index (χ2v) is 22.5. The van der Waals surface area contributed by atoms with Crippen molar-refractivity contribution in [2.75, 3.05) is 33.5 Å². The van der Waals surface area contributed by atoms with E-state index in [4.69, 9.17) is 18.9 Å². The van der Waals surface area contributed by atoms with Gasteiger partial charge < -0.3 is 34.9 Å². The van der Waals surface area contributed by atoms with E-state index in [0.717, 1.165) is 51.4 Å². The monoisotopic (exact) mass is 938 g/mol. The molecule has 0 aliphatic carbocycles. The van der Waals surface area contributed by atoms with Crippen molar-refractivity contribution in [1.29, 1.82) is 0 Å². The van der Waals surface area contributed by atoms with Crippen LogP contribution in [0.2, 0.25) is 0 Å². The number of nitrogens with one attached hydrogen (secondary N) is 3. The highest BCUT2D eigenvalue weighted by Crippen LogP contribution is 2.37. The molecule has 0 heterocycles. The van der Waals surface area contributed by atoms with Gasteiger partial charge in [-0.2, -0.15) is 0 Å². The van der Waals surface area contributed by atoms with Crippen LogP contribution in [0.15, 0.2) is 0 Å². The van der Waals surface area contributed by atoms with Crippen LogP contribution in [-0.4, -0.2) is 74.4 Å². The fourth-order valence-corrected chi connectivity index (χ4v) is 9.51. The molecule has 0 aliphatic heterocycles.